The zero-order valence-corrected chi connectivity index (χ0v) is 6.98. The maximum absolute atomic E-state index is 12.7. The minimum atomic E-state index is -5.52. The molecule has 0 amide bonds. The van der Waals surface area contributed by atoms with Gasteiger partial charge in [-0.25, -0.2) is 0 Å². The van der Waals surface area contributed by atoms with Crippen molar-refractivity contribution in [3.05, 3.63) is 0 Å². The van der Waals surface area contributed by atoms with Crippen LogP contribution in [0.1, 0.15) is 6.42 Å². The van der Waals surface area contributed by atoms with Gasteiger partial charge in [-0.15, -0.1) is 0 Å². The lowest BCUT2D eigenvalue weighted by Crippen LogP contribution is -2.44. The predicted molar refractivity (Wildman–Crippen MR) is 36.3 cm³/mol. The molecule has 0 aromatic carbocycles. The van der Waals surface area contributed by atoms with Crippen molar-refractivity contribution >= 4 is 0 Å². The fourth-order valence-electron chi connectivity index (χ4n) is 1.38. The SMILES string of the molecule is N#CN1CCC(C(F)(F)C(F)(F)F)C1. The van der Waals surface area contributed by atoms with Crippen LogP contribution < -0.4 is 0 Å². The van der Waals surface area contributed by atoms with Crippen LogP contribution in [-0.2, 0) is 0 Å². The molecular weight excluding hydrogens is 207 g/mol. The minimum absolute atomic E-state index is 0.0349. The fourth-order valence-corrected chi connectivity index (χ4v) is 1.38. The molecule has 0 aromatic heterocycles. The second-order valence-corrected chi connectivity index (χ2v) is 3.15. The van der Waals surface area contributed by atoms with E-state index >= 15 is 0 Å². The Morgan fingerprint density at radius 2 is 1.79 bits per heavy atom. The average Bonchev–Trinajstić information content (AvgIpc) is 2.49. The Balaban J connectivity index is 2.72. The second kappa shape index (κ2) is 3.26. The predicted octanol–water partition coefficient (Wildman–Crippen LogP) is 1.99. The van der Waals surface area contributed by atoms with Crippen molar-refractivity contribution in [2.45, 2.75) is 18.5 Å². The van der Waals surface area contributed by atoms with Gasteiger partial charge in [-0.1, -0.05) is 0 Å². The highest BCUT2D eigenvalue weighted by atomic mass is 19.4. The van der Waals surface area contributed by atoms with Gasteiger partial charge in [-0.05, 0) is 6.42 Å². The molecule has 0 aliphatic carbocycles. The Morgan fingerprint density at radius 3 is 2.14 bits per heavy atom. The number of alkyl halides is 5. The molecular formula is C7H7F5N2. The van der Waals surface area contributed by atoms with Crippen molar-refractivity contribution in [1.29, 1.82) is 5.26 Å². The standard InChI is InChI=1S/C7H7F5N2/c8-6(9,7(10,11)12)5-1-2-14(3-5)4-13/h5H,1-3H2. The van der Waals surface area contributed by atoms with Crippen molar-refractivity contribution < 1.29 is 22.0 Å². The van der Waals surface area contributed by atoms with Crippen molar-refractivity contribution in [1.82, 2.24) is 4.90 Å². The van der Waals surface area contributed by atoms with E-state index in [1.165, 1.54) is 0 Å². The van der Waals surface area contributed by atoms with Crippen LogP contribution in [0.25, 0.3) is 0 Å². The topological polar surface area (TPSA) is 27.0 Å². The van der Waals surface area contributed by atoms with Gasteiger partial charge in [-0.2, -0.15) is 27.2 Å². The first kappa shape index (κ1) is 11.0. The Labute approximate surface area is 76.9 Å². The fraction of sp³-hybridized carbons (Fsp3) is 0.857. The third kappa shape index (κ3) is 1.74. The summed E-state index contributed by atoms with van der Waals surface area (Å²) in [7, 11) is 0. The van der Waals surface area contributed by atoms with Crippen LogP contribution >= 0.6 is 0 Å². The van der Waals surface area contributed by atoms with Gasteiger partial charge < -0.3 is 4.90 Å². The molecule has 1 aliphatic heterocycles. The molecule has 1 rings (SSSR count). The van der Waals surface area contributed by atoms with Crippen LogP contribution in [0.5, 0.6) is 0 Å². The number of hydrogen-bond acceptors (Lipinski definition) is 2. The molecule has 0 saturated carbocycles. The lowest BCUT2D eigenvalue weighted by molar-refractivity contribution is -0.300. The van der Waals surface area contributed by atoms with E-state index in [9.17, 15) is 22.0 Å². The first-order chi connectivity index (χ1) is 6.29. The smallest absolute Gasteiger partial charge is 0.310 e. The molecule has 1 unspecified atom stereocenters. The van der Waals surface area contributed by atoms with Gasteiger partial charge in [0.05, 0.1) is 5.92 Å². The average molecular weight is 214 g/mol. The molecule has 0 radical (unpaired) electrons. The molecule has 0 spiro atoms. The molecule has 2 nitrogen and oxygen atoms in total. The van der Waals surface area contributed by atoms with Crippen LogP contribution in [0.2, 0.25) is 0 Å². The van der Waals surface area contributed by atoms with Gasteiger partial charge in [0.15, 0.2) is 6.19 Å². The summed E-state index contributed by atoms with van der Waals surface area (Å²) in [5.74, 6) is -6.50. The van der Waals surface area contributed by atoms with E-state index in [2.05, 4.69) is 0 Å². The molecule has 1 atom stereocenters. The lowest BCUT2D eigenvalue weighted by Gasteiger charge is -2.24. The quantitative estimate of drug-likeness (QED) is 0.493. The van der Waals surface area contributed by atoms with E-state index < -0.39 is 24.6 Å². The third-order valence-electron chi connectivity index (χ3n) is 2.22. The number of halogens is 5. The summed E-state index contributed by atoms with van der Waals surface area (Å²) < 4.78 is 61.0. The lowest BCUT2D eigenvalue weighted by atomic mass is 10.0. The molecule has 0 aromatic rings. The van der Waals surface area contributed by atoms with E-state index in [1.807, 2.05) is 0 Å². The molecule has 1 heterocycles. The van der Waals surface area contributed by atoms with Crippen molar-refractivity contribution in [3.63, 3.8) is 0 Å². The van der Waals surface area contributed by atoms with Crippen LogP contribution in [-0.4, -0.2) is 30.1 Å². The second-order valence-electron chi connectivity index (χ2n) is 3.15. The van der Waals surface area contributed by atoms with E-state index in [-0.39, 0.29) is 13.0 Å². The summed E-state index contributed by atoms with van der Waals surface area (Å²) >= 11 is 0. The van der Waals surface area contributed by atoms with Crippen LogP contribution in [0.4, 0.5) is 22.0 Å². The van der Waals surface area contributed by atoms with Gasteiger partial charge in [0.25, 0.3) is 0 Å². The molecule has 0 bridgehead atoms. The molecule has 7 heteroatoms. The normalized spacial score (nSPS) is 23.7. The highest BCUT2D eigenvalue weighted by Crippen LogP contribution is 2.44. The Morgan fingerprint density at radius 1 is 1.21 bits per heavy atom. The van der Waals surface area contributed by atoms with E-state index in [0.717, 1.165) is 4.90 Å². The number of hydrogen-bond donors (Lipinski definition) is 0. The molecule has 0 N–H and O–H groups in total. The van der Waals surface area contributed by atoms with Crippen molar-refractivity contribution in [2.24, 2.45) is 5.92 Å². The third-order valence-corrected chi connectivity index (χ3v) is 2.22. The first-order valence-corrected chi connectivity index (χ1v) is 3.88. The minimum Gasteiger partial charge on any atom is -0.310 e. The number of likely N-dealkylation sites (tertiary alicyclic amines) is 1. The van der Waals surface area contributed by atoms with Gasteiger partial charge in [-0.3, -0.25) is 0 Å². The first-order valence-electron chi connectivity index (χ1n) is 3.88. The van der Waals surface area contributed by atoms with Crippen LogP contribution in [0, 0.1) is 17.4 Å². The zero-order chi connectivity index (χ0) is 11.0. The summed E-state index contributed by atoms with van der Waals surface area (Å²) in [6.07, 6.45) is -4.28. The monoisotopic (exact) mass is 214 g/mol. The Bertz CT molecular complexity index is 254. The largest absolute Gasteiger partial charge is 0.453 e. The van der Waals surface area contributed by atoms with Gasteiger partial charge >= 0.3 is 12.1 Å². The summed E-state index contributed by atoms with van der Waals surface area (Å²) in [5, 5.41) is 8.30. The zero-order valence-electron chi connectivity index (χ0n) is 6.98. The molecule has 1 saturated heterocycles. The van der Waals surface area contributed by atoms with E-state index in [1.54, 1.807) is 6.19 Å². The van der Waals surface area contributed by atoms with Gasteiger partial charge in [0, 0.05) is 13.1 Å². The summed E-state index contributed by atoms with van der Waals surface area (Å²) in [5.41, 5.74) is 0. The number of nitriles is 1. The highest BCUT2D eigenvalue weighted by Gasteiger charge is 2.63. The highest BCUT2D eigenvalue weighted by molar-refractivity contribution is 4.93. The maximum Gasteiger partial charge on any atom is 0.453 e. The molecule has 1 aliphatic rings. The van der Waals surface area contributed by atoms with Crippen molar-refractivity contribution in [3.8, 4) is 6.19 Å². The summed E-state index contributed by atoms with van der Waals surface area (Å²) in [6, 6.07) is 0. The summed E-state index contributed by atoms with van der Waals surface area (Å²) in [4.78, 5) is 0.907. The van der Waals surface area contributed by atoms with Crippen molar-refractivity contribution in [2.75, 3.05) is 13.1 Å². The van der Waals surface area contributed by atoms with Gasteiger partial charge in [0.1, 0.15) is 0 Å². The van der Waals surface area contributed by atoms with Gasteiger partial charge in [0.2, 0.25) is 0 Å². The Hall–Kier alpha value is -1.06. The maximum atomic E-state index is 12.7. The number of rotatable bonds is 1. The summed E-state index contributed by atoms with van der Waals surface area (Å²) in [6.45, 7) is -0.560. The number of nitrogens with zero attached hydrogens (tertiary/aromatic N) is 2. The van der Waals surface area contributed by atoms with Crippen LogP contribution in [0.3, 0.4) is 0 Å². The Kier molecular flexibility index (Phi) is 2.56. The molecule has 1 fully saturated rings. The van der Waals surface area contributed by atoms with E-state index in [0.29, 0.717) is 0 Å². The van der Waals surface area contributed by atoms with Crippen LogP contribution in [0.15, 0.2) is 0 Å². The molecule has 80 valence electrons. The van der Waals surface area contributed by atoms with E-state index in [4.69, 9.17) is 5.26 Å². The molecule has 14 heavy (non-hydrogen) atoms.